The van der Waals surface area contributed by atoms with Crippen molar-refractivity contribution in [3.05, 3.63) is 74.6 Å². The molecule has 0 aliphatic carbocycles. The van der Waals surface area contributed by atoms with E-state index >= 15 is 0 Å². The Kier molecular flexibility index (Phi) is 5.49. The number of H-pyrrole nitrogens is 1. The second-order valence-electron chi connectivity index (χ2n) is 6.50. The van der Waals surface area contributed by atoms with Gasteiger partial charge >= 0.3 is 5.69 Å². The van der Waals surface area contributed by atoms with Crippen LogP contribution in [0.1, 0.15) is 36.2 Å². The number of fused-ring (bicyclic) bond motifs is 1. The second kappa shape index (κ2) is 7.99. The molecule has 3 rings (SSSR count). The minimum Gasteiger partial charge on any atom is -0.350 e. The van der Waals surface area contributed by atoms with Crippen LogP contribution in [0.4, 0.5) is 0 Å². The molecule has 3 aromatic rings. The number of hydrogen-bond acceptors (Lipinski definition) is 4. The smallest absolute Gasteiger partial charge is 0.329 e. The number of rotatable bonds is 6. The number of nitrogens with one attached hydrogen (secondary N) is 2. The summed E-state index contributed by atoms with van der Waals surface area (Å²) in [5.74, 6) is -0.293. The van der Waals surface area contributed by atoms with Crippen LogP contribution in [0, 0.1) is 0 Å². The summed E-state index contributed by atoms with van der Waals surface area (Å²) < 4.78 is 1.36. The van der Waals surface area contributed by atoms with Crippen molar-refractivity contribution in [1.29, 1.82) is 0 Å². The van der Waals surface area contributed by atoms with Crippen molar-refractivity contribution in [1.82, 2.24) is 19.9 Å². The van der Waals surface area contributed by atoms with E-state index in [0.29, 0.717) is 12.1 Å². The predicted octanol–water partition coefficient (Wildman–Crippen LogP) is 1.86. The molecule has 0 aliphatic heterocycles. The van der Waals surface area contributed by atoms with Crippen molar-refractivity contribution in [2.24, 2.45) is 0 Å². The van der Waals surface area contributed by atoms with Gasteiger partial charge in [-0.2, -0.15) is 0 Å². The van der Waals surface area contributed by atoms with Gasteiger partial charge in [0.05, 0.1) is 10.9 Å². The lowest BCUT2D eigenvalue weighted by molar-refractivity contribution is 0.0938. The highest BCUT2D eigenvalue weighted by Gasteiger charge is 2.14. The van der Waals surface area contributed by atoms with E-state index in [1.54, 1.807) is 6.92 Å². The fourth-order valence-electron chi connectivity index (χ4n) is 2.99. The monoisotopic (exact) mass is 366 g/mol. The molecule has 2 N–H and O–H groups in total. The Morgan fingerprint density at radius 2 is 2.00 bits per heavy atom. The summed E-state index contributed by atoms with van der Waals surface area (Å²) in [5.41, 5.74) is 0.740. The van der Waals surface area contributed by atoms with Gasteiger partial charge in [-0.15, -0.1) is 0 Å². The fraction of sp³-hybridized carbons (Fsp3) is 0.300. The van der Waals surface area contributed by atoms with Crippen LogP contribution in [-0.4, -0.2) is 26.5 Å². The number of carbonyl (C=O) groups is 1. The van der Waals surface area contributed by atoms with Crippen molar-refractivity contribution >= 4 is 16.9 Å². The minimum atomic E-state index is -0.543. The number of aromatic nitrogens is 3. The molecule has 1 amide bonds. The molecule has 0 unspecified atom stereocenters. The molecule has 0 spiro atoms. The van der Waals surface area contributed by atoms with Gasteiger partial charge in [0.1, 0.15) is 5.65 Å². The average Bonchev–Trinajstić information content (AvgIpc) is 2.67. The van der Waals surface area contributed by atoms with Crippen LogP contribution in [0.25, 0.3) is 11.0 Å². The van der Waals surface area contributed by atoms with Gasteiger partial charge in [0.25, 0.3) is 11.5 Å². The Morgan fingerprint density at radius 1 is 1.26 bits per heavy atom. The first-order chi connectivity index (χ1) is 13.0. The van der Waals surface area contributed by atoms with Crippen molar-refractivity contribution in [3.63, 3.8) is 0 Å². The van der Waals surface area contributed by atoms with Crippen molar-refractivity contribution in [2.75, 3.05) is 0 Å². The van der Waals surface area contributed by atoms with Crippen LogP contribution in [0.15, 0.2) is 52.2 Å². The lowest BCUT2D eigenvalue weighted by atomic mass is 10.1. The third-order valence-corrected chi connectivity index (χ3v) is 4.50. The van der Waals surface area contributed by atoms with Crippen molar-refractivity contribution < 1.29 is 4.79 Å². The van der Waals surface area contributed by atoms with Crippen LogP contribution < -0.4 is 16.6 Å². The van der Waals surface area contributed by atoms with Gasteiger partial charge in [-0.3, -0.25) is 19.1 Å². The van der Waals surface area contributed by atoms with Gasteiger partial charge in [0.2, 0.25) is 0 Å². The van der Waals surface area contributed by atoms with E-state index in [4.69, 9.17) is 0 Å². The highest BCUT2D eigenvalue weighted by molar-refractivity contribution is 5.96. The molecule has 0 radical (unpaired) electrons. The molecule has 1 aromatic carbocycles. The fourth-order valence-corrected chi connectivity index (χ4v) is 2.99. The quantitative estimate of drug-likeness (QED) is 0.696. The average molecular weight is 366 g/mol. The number of pyridine rings is 1. The lowest BCUT2D eigenvalue weighted by Crippen LogP contribution is -2.34. The highest BCUT2D eigenvalue weighted by atomic mass is 16.2. The maximum atomic E-state index is 12.5. The number of nitrogens with zero attached hydrogens (tertiary/aromatic N) is 2. The van der Waals surface area contributed by atoms with Crippen molar-refractivity contribution in [3.8, 4) is 0 Å². The molecule has 1 atom stereocenters. The Balaban J connectivity index is 1.75. The van der Waals surface area contributed by atoms with E-state index < -0.39 is 11.2 Å². The Morgan fingerprint density at radius 3 is 2.70 bits per heavy atom. The molecule has 2 heterocycles. The van der Waals surface area contributed by atoms with E-state index in [9.17, 15) is 14.4 Å². The van der Waals surface area contributed by atoms with Gasteiger partial charge in [0.15, 0.2) is 0 Å². The van der Waals surface area contributed by atoms with E-state index in [2.05, 4.69) is 27.4 Å². The molecule has 27 heavy (non-hydrogen) atoms. The molecule has 2 aromatic heterocycles. The number of hydrogen-bond donors (Lipinski definition) is 2. The molecule has 0 fully saturated rings. The van der Waals surface area contributed by atoms with E-state index in [1.807, 2.05) is 25.1 Å². The van der Waals surface area contributed by atoms with Gasteiger partial charge in [-0.1, -0.05) is 30.3 Å². The van der Waals surface area contributed by atoms with Gasteiger partial charge in [0, 0.05) is 18.8 Å². The third kappa shape index (κ3) is 4.13. The molecule has 0 bridgehead atoms. The Hall–Kier alpha value is -3.22. The van der Waals surface area contributed by atoms with Crippen LogP contribution in [0.5, 0.6) is 0 Å². The molecule has 0 saturated heterocycles. The summed E-state index contributed by atoms with van der Waals surface area (Å²) in [6.07, 6.45) is 3.06. The third-order valence-electron chi connectivity index (χ3n) is 4.50. The summed E-state index contributed by atoms with van der Waals surface area (Å²) in [4.78, 5) is 42.9. The highest BCUT2D eigenvalue weighted by Crippen LogP contribution is 2.09. The molecule has 0 aliphatic rings. The molecule has 140 valence electrons. The molecule has 7 heteroatoms. The summed E-state index contributed by atoms with van der Waals surface area (Å²) in [7, 11) is 0. The summed E-state index contributed by atoms with van der Waals surface area (Å²) in [6.45, 7) is 4.11. The molecule has 0 saturated carbocycles. The van der Waals surface area contributed by atoms with Crippen molar-refractivity contribution in [2.45, 2.75) is 39.3 Å². The first kappa shape index (κ1) is 18.6. The summed E-state index contributed by atoms with van der Waals surface area (Å²) in [6, 6.07) is 11.5. The SMILES string of the molecule is CCn1c(=O)[nH]c(=O)c2cc(C(=O)N[C@H](C)CCc3ccccc3)cnc21. The second-order valence-corrected chi connectivity index (χ2v) is 6.50. The summed E-state index contributed by atoms with van der Waals surface area (Å²) in [5, 5.41) is 3.15. The van der Waals surface area contributed by atoms with Gasteiger partial charge in [-0.05, 0) is 38.3 Å². The number of benzene rings is 1. The standard InChI is InChI=1S/C20H22N4O3/c1-3-24-17-16(19(26)23-20(24)27)11-15(12-21-17)18(25)22-13(2)9-10-14-7-5-4-6-8-14/h4-8,11-13H,3,9-10H2,1-2H3,(H,22,25)(H,23,26,27)/t13-/m1/s1. The zero-order valence-corrected chi connectivity index (χ0v) is 15.4. The van der Waals surface area contributed by atoms with Gasteiger partial charge < -0.3 is 5.32 Å². The molecular formula is C20H22N4O3. The normalized spacial score (nSPS) is 12.1. The van der Waals surface area contributed by atoms with E-state index in [1.165, 1.54) is 22.4 Å². The Labute approximate surface area is 156 Å². The zero-order valence-electron chi connectivity index (χ0n) is 15.4. The van der Waals surface area contributed by atoms with Crippen LogP contribution >= 0.6 is 0 Å². The first-order valence-corrected chi connectivity index (χ1v) is 8.97. The van der Waals surface area contributed by atoms with E-state index in [-0.39, 0.29) is 23.0 Å². The maximum Gasteiger partial charge on any atom is 0.329 e. The first-order valence-electron chi connectivity index (χ1n) is 8.97. The lowest BCUT2D eigenvalue weighted by Gasteiger charge is -2.14. The minimum absolute atomic E-state index is 0.0312. The van der Waals surface area contributed by atoms with E-state index in [0.717, 1.165) is 12.8 Å². The zero-order chi connectivity index (χ0) is 19.4. The number of aromatic amines is 1. The summed E-state index contributed by atoms with van der Waals surface area (Å²) >= 11 is 0. The maximum absolute atomic E-state index is 12.5. The number of amides is 1. The largest absolute Gasteiger partial charge is 0.350 e. The number of carbonyl (C=O) groups excluding carboxylic acids is 1. The molecular weight excluding hydrogens is 344 g/mol. The van der Waals surface area contributed by atoms with Crippen LogP contribution in [-0.2, 0) is 13.0 Å². The molecule has 7 nitrogen and oxygen atoms in total. The van der Waals surface area contributed by atoms with Crippen LogP contribution in [0.2, 0.25) is 0 Å². The van der Waals surface area contributed by atoms with Gasteiger partial charge in [-0.25, -0.2) is 9.78 Å². The van der Waals surface area contributed by atoms with Crippen LogP contribution in [0.3, 0.4) is 0 Å². The Bertz CT molecular complexity index is 1070. The predicted molar refractivity (Wildman–Crippen MR) is 104 cm³/mol. The topological polar surface area (TPSA) is 96.9 Å². The number of aryl methyl sites for hydroxylation is 2.